The Morgan fingerprint density at radius 2 is 1.78 bits per heavy atom. The zero-order valence-corrected chi connectivity index (χ0v) is 13.1. The molecule has 1 amide bonds. The Morgan fingerprint density at radius 3 is 2.39 bits per heavy atom. The van der Waals surface area contributed by atoms with Crippen molar-refractivity contribution in [2.45, 2.75) is 5.92 Å². The first-order chi connectivity index (χ1) is 11.2. The first-order valence-corrected chi connectivity index (χ1v) is 7.61. The van der Waals surface area contributed by atoms with Gasteiger partial charge in [-0.3, -0.25) is 0 Å². The summed E-state index contributed by atoms with van der Waals surface area (Å²) < 4.78 is 4.89. The highest BCUT2D eigenvalue weighted by molar-refractivity contribution is 5.67. The predicted molar refractivity (Wildman–Crippen MR) is 93.2 cm³/mol. The normalized spacial score (nSPS) is 11.5. The van der Waals surface area contributed by atoms with Crippen LogP contribution in [0.1, 0.15) is 11.5 Å². The first kappa shape index (κ1) is 16.8. The second kappa shape index (κ2) is 8.76. The third kappa shape index (κ3) is 4.97. The Bertz CT molecular complexity index is 624. The number of ether oxygens (including phenoxy) is 1. The summed E-state index contributed by atoms with van der Waals surface area (Å²) in [5.74, 6) is 0.0519. The van der Waals surface area contributed by atoms with Crippen molar-refractivity contribution in [3.8, 4) is 11.1 Å². The number of nitrogens with two attached hydrogens (primary N) is 1. The van der Waals surface area contributed by atoms with Crippen LogP contribution in [0.25, 0.3) is 11.1 Å². The first-order valence-electron chi connectivity index (χ1n) is 7.61. The molecule has 0 aliphatic heterocycles. The fraction of sp³-hybridized carbons (Fsp3) is 0.211. The molecule has 0 spiro atoms. The van der Waals surface area contributed by atoms with Crippen molar-refractivity contribution in [1.29, 1.82) is 0 Å². The van der Waals surface area contributed by atoms with E-state index in [1.807, 2.05) is 18.2 Å². The van der Waals surface area contributed by atoms with Crippen LogP contribution in [0.15, 0.2) is 67.3 Å². The van der Waals surface area contributed by atoms with Crippen LogP contribution in [0.2, 0.25) is 0 Å². The lowest BCUT2D eigenvalue weighted by molar-refractivity contribution is 0.157. The molecule has 0 heterocycles. The second-order valence-corrected chi connectivity index (χ2v) is 5.19. The Hall–Kier alpha value is -2.59. The highest BCUT2D eigenvalue weighted by Gasteiger charge is 2.12. The van der Waals surface area contributed by atoms with E-state index in [0.29, 0.717) is 13.1 Å². The Balaban J connectivity index is 1.98. The molecule has 0 aliphatic rings. The number of benzene rings is 2. The van der Waals surface area contributed by atoms with Gasteiger partial charge < -0.3 is 15.8 Å². The number of amides is 1. The zero-order valence-electron chi connectivity index (χ0n) is 13.1. The van der Waals surface area contributed by atoms with Gasteiger partial charge >= 0.3 is 6.09 Å². The molecule has 120 valence electrons. The van der Waals surface area contributed by atoms with Gasteiger partial charge in [0.15, 0.2) is 0 Å². The summed E-state index contributed by atoms with van der Waals surface area (Å²) in [4.78, 5) is 11.5. The van der Waals surface area contributed by atoms with Crippen molar-refractivity contribution in [2.24, 2.45) is 5.73 Å². The van der Waals surface area contributed by atoms with E-state index in [0.717, 1.165) is 11.1 Å². The molecular weight excluding hydrogens is 288 g/mol. The largest absolute Gasteiger partial charge is 0.445 e. The summed E-state index contributed by atoms with van der Waals surface area (Å²) in [7, 11) is 0. The minimum atomic E-state index is -0.454. The highest BCUT2D eigenvalue weighted by atomic mass is 16.5. The van der Waals surface area contributed by atoms with Crippen molar-refractivity contribution >= 4 is 6.09 Å². The SMILES string of the molecule is C=CCOC(=O)NC[C@@H](CN)c1ccc(-c2ccccc2)cc1. The molecule has 4 nitrogen and oxygen atoms in total. The van der Waals surface area contributed by atoms with E-state index < -0.39 is 6.09 Å². The standard InChI is InChI=1S/C19H22N2O2/c1-2-12-23-19(22)21-14-18(13-20)17-10-8-16(9-11-17)15-6-4-3-5-7-15/h2-11,18H,1,12-14,20H2,(H,21,22)/t18-/m1/s1. The van der Waals surface area contributed by atoms with E-state index in [4.69, 9.17) is 10.5 Å². The second-order valence-electron chi connectivity index (χ2n) is 5.19. The van der Waals surface area contributed by atoms with Gasteiger partial charge in [-0.25, -0.2) is 4.79 Å². The van der Waals surface area contributed by atoms with E-state index in [9.17, 15) is 4.79 Å². The van der Waals surface area contributed by atoms with Crippen molar-refractivity contribution in [1.82, 2.24) is 5.32 Å². The summed E-state index contributed by atoms with van der Waals surface area (Å²) in [5, 5.41) is 2.72. The molecule has 0 bridgehead atoms. The van der Waals surface area contributed by atoms with Gasteiger partial charge in [-0.2, -0.15) is 0 Å². The molecule has 0 aromatic heterocycles. The number of hydrogen-bond donors (Lipinski definition) is 2. The quantitative estimate of drug-likeness (QED) is 0.771. The number of rotatable bonds is 7. The molecule has 0 aliphatic carbocycles. The molecule has 2 rings (SSSR count). The van der Waals surface area contributed by atoms with E-state index in [-0.39, 0.29) is 12.5 Å². The van der Waals surface area contributed by atoms with Crippen LogP contribution in [0.5, 0.6) is 0 Å². The van der Waals surface area contributed by atoms with Crippen molar-refractivity contribution in [3.63, 3.8) is 0 Å². The lowest BCUT2D eigenvalue weighted by Crippen LogP contribution is -2.32. The van der Waals surface area contributed by atoms with Crippen LogP contribution in [0, 0.1) is 0 Å². The molecule has 4 heteroatoms. The predicted octanol–water partition coefficient (Wildman–Crippen LogP) is 3.31. The van der Waals surface area contributed by atoms with Gasteiger partial charge in [0.05, 0.1) is 0 Å². The summed E-state index contributed by atoms with van der Waals surface area (Å²) in [6.45, 7) is 4.59. The molecular formula is C19H22N2O2. The number of alkyl carbamates (subject to hydrolysis) is 1. The van der Waals surface area contributed by atoms with E-state index >= 15 is 0 Å². The van der Waals surface area contributed by atoms with E-state index in [1.165, 1.54) is 11.6 Å². The minimum absolute atomic E-state index is 0.0519. The fourth-order valence-corrected chi connectivity index (χ4v) is 2.31. The van der Waals surface area contributed by atoms with Gasteiger partial charge in [0.25, 0.3) is 0 Å². The smallest absolute Gasteiger partial charge is 0.407 e. The molecule has 0 saturated heterocycles. The van der Waals surface area contributed by atoms with E-state index in [1.54, 1.807) is 0 Å². The monoisotopic (exact) mass is 310 g/mol. The number of nitrogens with one attached hydrogen (secondary N) is 1. The van der Waals surface area contributed by atoms with Crippen LogP contribution in [0.3, 0.4) is 0 Å². The Morgan fingerprint density at radius 1 is 1.13 bits per heavy atom. The summed E-state index contributed by atoms with van der Waals surface area (Å²) in [6.07, 6.45) is 1.08. The lowest BCUT2D eigenvalue weighted by Gasteiger charge is -2.16. The van der Waals surface area contributed by atoms with Crippen LogP contribution in [-0.4, -0.2) is 25.8 Å². The van der Waals surface area contributed by atoms with Crippen LogP contribution >= 0.6 is 0 Å². The number of carbonyl (C=O) groups is 1. The summed E-state index contributed by atoms with van der Waals surface area (Å²) >= 11 is 0. The maximum atomic E-state index is 11.5. The van der Waals surface area contributed by atoms with Crippen molar-refractivity contribution in [2.75, 3.05) is 19.7 Å². The van der Waals surface area contributed by atoms with Crippen LogP contribution in [0.4, 0.5) is 4.79 Å². The lowest BCUT2D eigenvalue weighted by atomic mass is 9.96. The molecule has 0 saturated carbocycles. The molecule has 0 radical (unpaired) electrons. The average Bonchev–Trinajstić information content (AvgIpc) is 2.61. The summed E-state index contributed by atoms with van der Waals surface area (Å²) in [5.41, 5.74) is 9.26. The van der Waals surface area contributed by atoms with Crippen molar-refractivity contribution in [3.05, 3.63) is 72.8 Å². The number of hydrogen-bond acceptors (Lipinski definition) is 3. The van der Waals surface area contributed by atoms with Gasteiger partial charge in [0, 0.05) is 19.0 Å². The molecule has 1 atom stereocenters. The molecule has 2 aromatic carbocycles. The highest BCUT2D eigenvalue weighted by Crippen LogP contribution is 2.22. The molecule has 23 heavy (non-hydrogen) atoms. The Labute approximate surface area is 137 Å². The van der Waals surface area contributed by atoms with Crippen LogP contribution < -0.4 is 11.1 Å². The number of carbonyl (C=O) groups excluding carboxylic acids is 1. The van der Waals surface area contributed by atoms with Gasteiger partial charge in [-0.1, -0.05) is 67.3 Å². The molecule has 0 unspecified atom stereocenters. The van der Waals surface area contributed by atoms with Gasteiger partial charge in [-0.15, -0.1) is 0 Å². The maximum Gasteiger partial charge on any atom is 0.407 e. The fourth-order valence-electron chi connectivity index (χ4n) is 2.31. The van der Waals surface area contributed by atoms with Crippen LogP contribution in [-0.2, 0) is 4.74 Å². The minimum Gasteiger partial charge on any atom is -0.445 e. The zero-order chi connectivity index (χ0) is 16.5. The molecule has 3 N–H and O–H groups in total. The van der Waals surface area contributed by atoms with Gasteiger partial charge in [0.1, 0.15) is 6.61 Å². The van der Waals surface area contributed by atoms with Gasteiger partial charge in [-0.05, 0) is 16.7 Å². The van der Waals surface area contributed by atoms with E-state index in [2.05, 4.69) is 48.3 Å². The Kier molecular flexibility index (Phi) is 6.39. The third-order valence-corrected chi connectivity index (χ3v) is 3.60. The topological polar surface area (TPSA) is 64.3 Å². The van der Waals surface area contributed by atoms with Crippen molar-refractivity contribution < 1.29 is 9.53 Å². The van der Waals surface area contributed by atoms with Gasteiger partial charge in [0.2, 0.25) is 0 Å². The summed E-state index contributed by atoms with van der Waals surface area (Å²) in [6, 6.07) is 18.4. The maximum absolute atomic E-state index is 11.5. The molecule has 0 fully saturated rings. The average molecular weight is 310 g/mol. The third-order valence-electron chi connectivity index (χ3n) is 3.60. The molecule has 2 aromatic rings.